The van der Waals surface area contributed by atoms with Crippen LogP contribution in [0.3, 0.4) is 0 Å². The number of anilines is 2. The van der Waals surface area contributed by atoms with Gasteiger partial charge in [-0.2, -0.15) is 0 Å². The molecular formula is C12H10ClFN2O2S. The van der Waals surface area contributed by atoms with Crippen LogP contribution in [-0.2, 0) is 10.0 Å². The monoisotopic (exact) mass is 300 g/mol. The summed E-state index contributed by atoms with van der Waals surface area (Å²) in [6.07, 6.45) is 0. The van der Waals surface area contributed by atoms with Crippen molar-refractivity contribution in [1.29, 1.82) is 0 Å². The molecule has 0 unspecified atom stereocenters. The van der Waals surface area contributed by atoms with E-state index in [-0.39, 0.29) is 21.3 Å². The highest BCUT2D eigenvalue weighted by atomic mass is 35.5. The van der Waals surface area contributed by atoms with E-state index in [1.807, 2.05) is 0 Å². The van der Waals surface area contributed by atoms with Crippen LogP contribution >= 0.6 is 11.6 Å². The number of sulfonamides is 1. The molecule has 2 aromatic carbocycles. The molecule has 4 nitrogen and oxygen atoms in total. The highest BCUT2D eigenvalue weighted by molar-refractivity contribution is 7.92. The van der Waals surface area contributed by atoms with Gasteiger partial charge in [-0.1, -0.05) is 23.7 Å². The van der Waals surface area contributed by atoms with Gasteiger partial charge in [-0.25, -0.2) is 12.8 Å². The van der Waals surface area contributed by atoms with Gasteiger partial charge in [0.1, 0.15) is 10.7 Å². The molecule has 0 aliphatic rings. The zero-order valence-corrected chi connectivity index (χ0v) is 11.2. The Morgan fingerprint density at radius 3 is 2.53 bits per heavy atom. The summed E-state index contributed by atoms with van der Waals surface area (Å²) in [6.45, 7) is 0. The predicted octanol–water partition coefficient (Wildman–Crippen LogP) is 2.86. The molecule has 0 saturated carbocycles. The fourth-order valence-corrected chi connectivity index (χ4v) is 3.07. The molecule has 0 atom stereocenters. The molecule has 0 aliphatic heterocycles. The fraction of sp³-hybridized carbons (Fsp3) is 0. The van der Waals surface area contributed by atoms with Crippen molar-refractivity contribution in [3.8, 4) is 0 Å². The second kappa shape index (κ2) is 5.07. The molecule has 2 aromatic rings. The van der Waals surface area contributed by atoms with Gasteiger partial charge >= 0.3 is 0 Å². The summed E-state index contributed by atoms with van der Waals surface area (Å²) in [5.74, 6) is -0.675. The second-order valence-corrected chi connectivity index (χ2v) is 5.83. The summed E-state index contributed by atoms with van der Waals surface area (Å²) in [4.78, 5) is -0.197. The summed E-state index contributed by atoms with van der Waals surface area (Å²) in [7, 11) is -3.99. The maximum Gasteiger partial charge on any atom is 0.263 e. The van der Waals surface area contributed by atoms with E-state index < -0.39 is 15.8 Å². The van der Waals surface area contributed by atoms with Crippen LogP contribution in [0.4, 0.5) is 15.8 Å². The number of nitrogens with one attached hydrogen (secondary N) is 1. The molecular weight excluding hydrogens is 291 g/mol. The minimum absolute atomic E-state index is 0.0121. The van der Waals surface area contributed by atoms with Gasteiger partial charge in [0.25, 0.3) is 10.0 Å². The average Bonchev–Trinajstić information content (AvgIpc) is 2.35. The van der Waals surface area contributed by atoms with Crippen molar-refractivity contribution in [1.82, 2.24) is 0 Å². The van der Waals surface area contributed by atoms with Crippen LogP contribution in [0.25, 0.3) is 0 Å². The normalized spacial score (nSPS) is 11.3. The molecule has 100 valence electrons. The molecule has 3 N–H and O–H groups in total. The molecule has 0 amide bonds. The Bertz CT molecular complexity index is 719. The number of rotatable bonds is 3. The maximum atomic E-state index is 13.4. The van der Waals surface area contributed by atoms with Crippen LogP contribution in [0.15, 0.2) is 47.4 Å². The fourth-order valence-electron chi connectivity index (χ4n) is 1.47. The van der Waals surface area contributed by atoms with E-state index in [0.29, 0.717) is 0 Å². The lowest BCUT2D eigenvalue weighted by atomic mass is 10.3. The molecule has 0 aliphatic carbocycles. The van der Waals surface area contributed by atoms with Gasteiger partial charge in [0.15, 0.2) is 0 Å². The van der Waals surface area contributed by atoms with E-state index in [0.717, 1.165) is 6.07 Å². The zero-order chi connectivity index (χ0) is 14.0. The molecule has 0 fully saturated rings. The summed E-state index contributed by atoms with van der Waals surface area (Å²) < 4.78 is 39.8. The minimum atomic E-state index is -3.99. The molecule has 0 saturated heterocycles. The number of halogens is 2. The van der Waals surface area contributed by atoms with E-state index >= 15 is 0 Å². The summed E-state index contributed by atoms with van der Waals surface area (Å²) in [6, 6.07) is 9.50. The van der Waals surface area contributed by atoms with Crippen LogP contribution in [-0.4, -0.2) is 8.42 Å². The summed E-state index contributed by atoms with van der Waals surface area (Å²) >= 11 is 5.82. The van der Waals surface area contributed by atoms with Crippen LogP contribution in [0.5, 0.6) is 0 Å². The number of hydrogen-bond donors (Lipinski definition) is 2. The first-order valence-corrected chi connectivity index (χ1v) is 7.08. The predicted molar refractivity (Wildman–Crippen MR) is 73.1 cm³/mol. The zero-order valence-electron chi connectivity index (χ0n) is 9.60. The van der Waals surface area contributed by atoms with Gasteiger partial charge in [0, 0.05) is 5.69 Å². The molecule has 0 bridgehead atoms. The van der Waals surface area contributed by atoms with Crippen molar-refractivity contribution in [2.45, 2.75) is 4.90 Å². The van der Waals surface area contributed by atoms with Crippen LogP contribution in [0.2, 0.25) is 5.02 Å². The first-order chi connectivity index (χ1) is 8.90. The van der Waals surface area contributed by atoms with Crippen molar-refractivity contribution in [2.24, 2.45) is 0 Å². The van der Waals surface area contributed by atoms with E-state index in [4.69, 9.17) is 17.3 Å². The lowest BCUT2D eigenvalue weighted by Crippen LogP contribution is -2.14. The van der Waals surface area contributed by atoms with Crippen LogP contribution in [0, 0.1) is 5.82 Å². The lowest BCUT2D eigenvalue weighted by molar-refractivity contribution is 0.598. The Kier molecular flexibility index (Phi) is 3.64. The van der Waals surface area contributed by atoms with Crippen molar-refractivity contribution >= 4 is 33.0 Å². The van der Waals surface area contributed by atoms with Crippen molar-refractivity contribution in [3.05, 3.63) is 53.3 Å². The SMILES string of the molecule is Nc1ccc(Cl)c(S(=O)(=O)Nc2ccccc2F)c1. The quantitative estimate of drug-likeness (QED) is 0.856. The topological polar surface area (TPSA) is 72.2 Å². The van der Waals surface area contributed by atoms with Crippen molar-refractivity contribution in [3.63, 3.8) is 0 Å². The van der Waals surface area contributed by atoms with E-state index in [9.17, 15) is 12.8 Å². The first kappa shape index (κ1) is 13.6. The van der Waals surface area contributed by atoms with Crippen molar-refractivity contribution in [2.75, 3.05) is 10.5 Å². The Morgan fingerprint density at radius 1 is 1.16 bits per heavy atom. The molecule has 0 radical (unpaired) electrons. The van der Waals surface area contributed by atoms with Crippen LogP contribution in [0.1, 0.15) is 0 Å². The number of hydrogen-bond acceptors (Lipinski definition) is 3. The van der Waals surface area contributed by atoms with Crippen LogP contribution < -0.4 is 10.5 Å². The molecule has 0 heterocycles. The molecule has 7 heteroatoms. The standard InChI is InChI=1S/C12H10ClFN2O2S/c13-9-6-5-8(15)7-12(9)19(17,18)16-11-4-2-1-3-10(11)14/h1-7,16H,15H2. The van der Waals surface area contributed by atoms with E-state index in [1.165, 1.54) is 36.4 Å². The Labute approximate surface area is 115 Å². The Morgan fingerprint density at radius 2 is 1.84 bits per heavy atom. The summed E-state index contributed by atoms with van der Waals surface area (Å²) in [5, 5.41) is 0.0121. The van der Waals surface area contributed by atoms with Gasteiger partial charge < -0.3 is 5.73 Å². The second-order valence-electron chi connectivity index (χ2n) is 3.78. The van der Waals surface area contributed by atoms with Gasteiger partial charge in [-0.3, -0.25) is 4.72 Å². The Balaban J connectivity index is 2.44. The first-order valence-electron chi connectivity index (χ1n) is 5.22. The number of benzene rings is 2. The number of para-hydroxylation sites is 1. The smallest absolute Gasteiger partial charge is 0.263 e. The lowest BCUT2D eigenvalue weighted by Gasteiger charge is -2.10. The number of nitrogen functional groups attached to an aromatic ring is 1. The molecule has 2 rings (SSSR count). The highest BCUT2D eigenvalue weighted by Gasteiger charge is 2.19. The van der Waals surface area contributed by atoms with E-state index in [2.05, 4.69) is 4.72 Å². The van der Waals surface area contributed by atoms with Gasteiger partial charge in [0.05, 0.1) is 10.7 Å². The molecule has 0 aromatic heterocycles. The van der Waals surface area contributed by atoms with Gasteiger partial charge in [-0.05, 0) is 30.3 Å². The average molecular weight is 301 g/mol. The minimum Gasteiger partial charge on any atom is -0.399 e. The molecule has 0 spiro atoms. The molecule has 19 heavy (non-hydrogen) atoms. The van der Waals surface area contributed by atoms with Gasteiger partial charge in [-0.15, -0.1) is 0 Å². The van der Waals surface area contributed by atoms with Crippen molar-refractivity contribution < 1.29 is 12.8 Å². The third-order valence-corrected chi connectivity index (χ3v) is 4.21. The maximum absolute atomic E-state index is 13.4. The largest absolute Gasteiger partial charge is 0.399 e. The summed E-state index contributed by atoms with van der Waals surface area (Å²) in [5.41, 5.74) is 5.62. The third-order valence-electron chi connectivity index (χ3n) is 2.36. The Hall–Kier alpha value is -1.79. The van der Waals surface area contributed by atoms with Gasteiger partial charge in [0.2, 0.25) is 0 Å². The highest BCUT2D eigenvalue weighted by Crippen LogP contribution is 2.26. The van der Waals surface area contributed by atoms with E-state index in [1.54, 1.807) is 0 Å². The third kappa shape index (κ3) is 2.97. The number of nitrogens with two attached hydrogens (primary N) is 1.